The Morgan fingerprint density at radius 1 is 1.00 bits per heavy atom. The molecule has 4 aromatic rings. The van der Waals surface area contributed by atoms with Gasteiger partial charge in [-0.15, -0.1) is 11.3 Å². The van der Waals surface area contributed by atoms with Crippen molar-refractivity contribution in [3.63, 3.8) is 0 Å². The van der Waals surface area contributed by atoms with Gasteiger partial charge in [0.1, 0.15) is 15.6 Å². The maximum absolute atomic E-state index is 13.1. The standard InChI is InChI=1S/C23H17N3O4S/c1-30-19-9-5-6-16(14-19)23-25-20(15-10-12-18(13-11-15)26(28)29)21(31-23)22(27)24-17-7-3-2-4-8-17/h2-14H,1H3,(H,24,27). The highest BCUT2D eigenvalue weighted by Gasteiger charge is 2.21. The zero-order valence-electron chi connectivity index (χ0n) is 16.4. The van der Waals surface area contributed by atoms with E-state index in [-0.39, 0.29) is 11.6 Å². The molecular formula is C23H17N3O4S. The van der Waals surface area contributed by atoms with Crippen LogP contribution in [-0.2, 0) is 0 Å². The molecule has 0 atom stereocenters. The van der Waals surface area contributed by atoms with Crippen molar-refractivity contribution in [1.82, 2.24) is 4.98 Å². The van der Waals surface area contributed by atoms with Crippen LogP contribution in [0.4, 0.5) is 11.4 Å². The van der Waals surface area contributed by atoms with Gasteiger partial charge in [-0.3, -0.25) is 14.9 Å². The van der Waals surface area contributed by atoms with Crippen molar-refractivity contribution in [3.05, 3.63) is 93.9 Å². The highest BCUT2D eigenvalue weighted by atomic mass is 32.1. The van der Waals surface area contributed by atoms with Gasteiger partial charge in [-0.2, -0.15) is 0 Å². The third-order valence-electron chi connectivity index (χ3n) is 4.53. The number of hydrogen-bond acceptors (Lipinski definition) is 6. The summed E-state index contributed by atoms with van der Waals surface area (Å²) in [6.45, 7) is 0. The van der Waals surface area contributed by atoms with Crippen molar-refractivity contribution >= 4 is 28.6 Å². The summed E-state index contributed by atoms with van der Waals surface area (Å²) in [6.07, 6.45) is 0. The van der Waals surface area contributed by atoms with Gasteiger partial charge < -0.3 is 10.1 Å². The van der Waals surface area contributed by atoms with Gasteiger partial charge in [0, 0.05) is 28.9 Å². The smallest absolute Gasteiger partial charge is 0.269 e. The Hall–Kier alpha value is -4.04. The number of nitro benzene ring substituents is 1. The monoisotopic (exact) mass is 431 g/mol. The molecule has 4 rings (SSSR count). The van der Waals surface area contributed by atoms with Crippen LogP contribution in [0.3, 0.4) is 0 Å². The predicted octanol–water partition coefficient (Wildman–Crippen LogP) is 5.65. The van der Waals surface area contributed by atoms with Crippen molar-refractivity contribution in [2.24, 2.45) is 0 Å². The summed E-state index contributed by atoms with van der Waals surface area (Å²) in [4.78, 5) is 28.7. The number of hydrogen-bond donors (Lipinski definition) is 1. The van der Waals surface area contributed by atoms with E-state index in [9.17, 15) is 14.9 Å². The van der Waals surface area contributed by atoms with E-state index in [0.717, 1.165) is 5.56 Å². The second kappa shape index (κ2) is 8.76. The first-order valence-corrected chi connectivity index (χ1v) is 10.1. The molecule has 0 saturated heterocycles. The number of carbonyl (C=O) groups is 1. The molecule has 0 aliphatic heterocycles. The van der Waals surface area contributed by atoms with Crippen molar-refractivity contribution in [1.29, 1.82) is 0 Å². The minimum absolute atomic E-state index is 0.0257. The van der Waals surface area contributed by atoms with Crippen LogP contribution in [-0.4, -0.2) is 22.9 Å². The molecule has 0 radical (unpaired) electrons. The summed E-state index contributed by atoms with van der Waals surface area (Å²) in [5, 5.41) is 14.5. The molecule has 7 nitrogen and oxygen atoms in total. The molecule has 1 N–H and O–H groups in total. The number of para-hydroxylation sites is 1. The summed E-state index contributed by atoms with van der Waals surface area (Å²) in [5.74, 6) is 0.381. The van der Waals surface area contributed by atoms with E-state index >= 15 is 0 Å². The molecule has 31 heavy (non-hydrogen) atoms. The number of ether oxygens (including phenoxy) is 1. The Balaban J connectivity index is 1.78. The van der Waals surface area contributed by atoms with E-state index in [1.54, 1.807) is 31.4 Å². The van der Waals surface area contributed by atoms with Gasteiger partial charge in [0.15, 0.2) is 0 Å². The largest absolute Gasteiger partial charge is 0.497 e. The third-order valence-corrected chi connectivity index (χ3v) is 5.64. The number of benzene rings is 3. The lowest BCUT2D eigenvalue weighted by Crippen LogP contribution is -2.11. The second-order valence-corrected chi connectivity index (χ2v) is 7.55. The van der Waals surface area contributed by atoms with Gasteiger partial charge in [0.25, 0.3) is 11.6 Å². The number of carbonyl (C=O) groups excluding carboxylic acids is 1. The molecule has 0 aliphatic rings. The number of thiazole rings is 1. The van der Waals surface area contributed by atoms with Gasteiger partial charge in [0.2, 0.25) is 0 Å². The van der Waals surface area contributed by atoms with E-state index in [1.165, 1.54) is 23.5 Å². The number of methoxy groups -OCH3 is 1. The molecule has 8 heteroatoms. The fourth-order valence-electron chi connectivity index (χ4n) is 3.00. The average molecular weight is 431 g/mol. The lowest BCUT2D eigenvalue weighted by Gasteiger charge is -2.05. The van der Waals surface area contributed by atoms with E-state index in [0.29, 0.717) is 32.6 Å². The second-order valence-electron chi connectivity index (χ2n) is 6.55. The molecule has 0 fully saturated rings. The van der Waals surface area contributed by atoms with E-state index in [1.807, 2.05) is 42.5 Å². The topological polar surface area (TPSA) is 94.4 Å². The first-order chi connectivity index (χ1) is 15.0. The maximum Gasteiger partial charge on any atom is 0.269 e. The molecule has 1 amide bonds. The molecule has 0 bridgehead atoms. The Labute approximate surface area is 182 Å². The molecule has 154 valence electrons. The number of rotatable bonds is 6. The van der Waals surface area contributed by atoms with Gasteiger partial charge >= 0.3 is 0 Å². The maximum atomic E-state index is 13.1. The van der Waals surface area contributed by atoms with Crippen LogP contribution >= 0.6 is 11.3 Å². The average Bonchev–Trinajstić information content (AvgIpc) is 3.25. The van der Waals surface area contributed by atoms with Crippen LogP contribution in [0.1, 0.15) is 9.67 Å². The van der Waals surface area contributed by atoms with E-state index < -0.39 is 4.92 Å². The number of nitrogens with zero attached hydrogens (tertiary/aromatic N) is 2. The van der Waals surface area contributed by atoms with Gasteiger partial charge in [-0.05, 0) is 36.4 Å². The Morgan fingerprint density at radius 2 is 1.74 bits per heavy atom. The molecular weight excluding hydrogens is 414 g/mol. The van der Waals surface area contributed by atoms with Crippen molar-refractivity contribution in [3.8, 4) is 27.6 Å². The summed E-state index contributed by atoms with van der Waals surface area (Å²) < 4.78 is 5.29. The van der Waals surface area contributed by atoms with E-state index in [2.05, 4.69) is 5.32 Å². The Kier molecular flexibility index (Phi) is 5.72. The van der Waals surface area contributed by atoms with Crippen LogP contribution in [0.5, 0.6) is 5.75 Å². The van der Waals surface area contributed by atoms with Crippen LogP contribution in [0.25, 0.3) is 21.8 Å². The highest BCUT2D eigenvalue weighted by Crippen LogP contribution is 2.36. The molecule has 0 saturated carbocycles. The van der Waals surface area contributed by atoms with Crippen LogP contribution in [0.2, 0.25) is 0 Å². The number of anilines is 1. The molecule has 1 aromatic heterocycles. The van der Waals surface area contributed by atoms with Crippen LogP contribution < -0.4 is 10.1 Å². The Bertz CT molecular complexity index is 1240. The van der Waals surface area contributed by atoms with Crippen LogP contribution in [0, 0.1) is 10.1 Å². The highest BCUT2D eigenvalue weighted by molar-refractivity contribution is 7.17. The minimum atomic E-state index is -0.463. The quantitative estimate of drug-likeness (QED) is 0.315. The lowest BCUT2D eigenvalue weighted by molar-refractivity contribution is -0.384. The minimum Gasteiger partial charge on any atom is -0.497 e. The number of amides is 1. The molecule has 0 aliphatic carbocycles. The molecule has 3 aromatic carbocycles. The zero-order chi connectivity index (χ0) is 21.8. The summed E-state index contributed by atoms with van der Waals surface area (Å²) in [5.41, 5.74) is 2.53. The first-order valence-electron chi connectivity index (χ1n) is 9.31. The number of non-ortho nitro benzene ring substituents is 1. The Morgan fingerprint density at radius 3 is 2.42 bits per heavy atom. The van der Waals surface area contributed by atoms with Gasteiger partial charge in [-0.1, -0.05) is 30.3 Å². The fourth-order valence-corrected chi connectivity index (χ4v) is 3.98. The third kappa shape index (κ3) is 4.44. The fraction of sp³-hybridized carbons (Fsp3) is 0.0435. The van der Waals surface area contributed by atoms with Crippen LogP contribution in [0.15, 0.2) is 78.9 Å². The predicted molar refractivity (Wildman–Crippen MR) is 121 cm³/mol. The summed E-state index contributed by atoms with van der Waals surface area (Å²) in [6, 6.07) is 22.6. The number of nitro groups is 1. The zero-order valence-corrected chi connectivity index (χ0v) is 17.3. The number of nitrogens with one attached hydrogen (secondary N) is 1. The normalized spacial score (nSPS) is 10.5. The lowest BCUT2D eigenvalue weighted by atomic mass is 10.1. The summed E-state index contributed by atoms with van der Waals surface area (Å²) >= 11 is 1.25. The SMILES string of the molecule is COc1cccc(-c2nc(-c3ccc([N+](=O)[O-])cc3)c(C(=O)Nc3ccccc3)s2)c1. The van der Waals surface area contributed by atoms with Crippen molar-refractivity contribution in [2.45, 2.75) is 0 Å². The van der Waals surface area contributed by atoms with E-state index in [4.69, 9.17) is 9.72 Å². The van der Waals surface area contributed by atoms with Crippen molar-refractivity contribution in [2.75, 3.05) is 12.4 Å². The summed E-state index contributed by atoms with van der Waals surface area (Å²) in [7, 11) is 1.59. The van der Waals surface area contributed by atoms with Crippen molar-refractivity contribution < 1.29 is 14.5 Å². The molecule has 0 spiro atoms. The molecule has 0 unspecified atom stereocenters. The first kappa shape index (κ1) is 20.2. The van der Waals surface area contributed by atoms with Gasteiger partial charge in [0.05, 0.1) is 17.7 Å². The number of aromatic nitrogens is 1. The molecule has 1 heterocycles. The van der Waals surface area contributed by atoms with Gasteiger partial charge in [-0.25, -0.2) is 4.98 Å².